The zero-order valence-electron chi connectivity index (χ0n) is 11.8. The van der Waals surface area contributed by atoms with Crippen LogP contribution in [0, 0.1) is 5.92 Å². The molecule has 0 aromatic heterocycles. The summed E-state index contributed by atoms with van der Waals surface area (Å²) in [5.74, 6) is 0.255. The number of rotatable bonds is 3. The van der Waals surface area contributed by atoms with Crippen molar-refractivity contribution in [2.24, 2.45) is 11.0 Å². The maximum Gasteiger partial charge on any atom is 0.240 e. The van der Waals surface area contributed by atoms with Crippen molar-refractivity contribution in [2.75, 3.05) is 5.32 Å². The van der Waals surface area contributed by atoms with Gasteiger partial charge in [-0.2, -0.15) is 5.10 Å². The van der Waals surface area contributed by atoms with Gasteiger partial charge in [0.05, 0.1) is 5.71 Å². The topological polar surface area (TPSA) is 70.6 Å². The maximum absolute atomic E-state index is 11.3. The third kappa shape index (κ3) is 3.02. The quantitative estimate of drug-likeness (QED) is 0.893. The van der Waals surface area contributed by atoms with E-state index < -0.39 is 0 Å². The molecule has 21 heavy (non-hydrogen) atoms. The first-order valence-corrected chi connectivity index (χ1v) is 7.09. The van der Waals surface area contributed by atoms with E-state index >= 15 is 0 Å². The molecule has 0 bridgehead atoms. The molecule has 3 rings (SSSR count). The van der Waals surface area contributed by atoms with E-state index in [1.165, 1.54) is 0 Å². The smallest absolute Gasteiger partial charge is 0.240 e. The van der Waals surface area contributed by atoms with Gasteiger partial charge in [0.25, 0.3) is 0 Å². The van der Waals surface area contributed by atoms with Gasteiger partial charge in [-0.05, 0) is 24.1 Å². The Balaban J connectivity index is 1.74. The molecule has 0 radical (unpaired) electrons. The number of hydrogen-bond donors (Lipinski definition) is 2. The molecular formula is C16H17N3O2. The Bertz CT molecular complexity index is 644. The highest BCUT2D eigenvalue weighted by atomic mass is 16.2. The number of allylic oxidation sites excluding steroid dienone is 2. The number of nitrogens with one attached hydrogen (secondary N) is 2. The van der Waals surface area contributed by atoms with Gasteiger partial charge in [-0.1, -0.05) is 19.1 Å². The molecule has 1 aromatic carbocycles. The Labute approximate surface area is 123 Å². The molecule has 0 fully saturated rings. The fourth-order valence-corrected chi connectivity index (χ4v) is 2.61. The molecule has 0 spiro atoms. The van der Waals surface area contributed by atoms with Crippen molar-refractivity contribution < 1.29 is 9.59 Å². The molecule has 0 saturated heterocycles. The second-order valence-corrected chi connectivity index (χ2v) is 5.48. The van der Waals surface area contributed by atoms with Gasteiger partial charge in [-0.3, -0.25) is 9.59 Å². The zero-order chi connectivity index (χ0) is 14.8. The first-order valence-electron chi connectivity index (χ1n) is 7.09. The fourth-order valence-electron chi connectivity index (χ4n) is 2.61. The minimum Gasteiger partial charge on any atom is -0.359 e. The van der Waals surface area contributed by atoms with Crippen LogP contribution >= 0.6 is 0 Å². The summed E-state index contributed by atoms with van der Waals surface area (Å²) in [5.41, 5.74) is 6.34. The molecule has 5 nitrogen and oxygen atoms in total. The van der Waals surface area contributed by atoms with Crippen molar-refractivity contribution in [3.8, 4) is 0 Å². The first-order chi connectivity index (χ1) is 10.1. The van der Waals surface area contributed by atoms with Crippen LogP contribution in [0.3, 0.4) is 0 Å². The zero-order valence-corrected chi connectivity index (χ0v) is 11.8. The molecule has 1 aromatic rings. The third-order valence-electron chi connectivity index (χ3n) is 3.72. The van der Waals surface area contributed by atoms with Gasteiger partial charge >= 0.3 is 0 Å². The molecule has 1 aliphatic heterocycles. The lowest BCUT2D eigenvalue weighted by molar-refractivity contribution is -0.122. The Morgan fingerprint density at radius 2 is 1.95 bits per heavy atom. The Hall–Kier alpha value is -2.43. The largest absolute Gasteiger partial charge is 0.359 e. The van der Waals surface area contributed by atoms with Crippen LogP contribution in [-0.4, -0.2) is 17.4 Å². The summed E-state index contributed by atoms with van der Waals surface area (Å²) in [4.78, 5) is 22.5. The van der Waals surface area contributed by atoms with Crippen molar-refractivity contribution in [3.05, 3.63) is 41.6 Å². The van der Waals surface area contributed by atoms with Crippen molar-refractivity contribution in [1.29, 1.82) is 0 Å². The Morgan fingerprint density at radius 3 is 2.57 bits per heavy atom. The predicted octanol–water partition coefficient (Wildman–Crippen LogP) is 2.21. The van der Waals surface area contributed by atoms with Gasteiger partial charge in [0, 0.05) is 36.2 Å². The molecule has 1 amide bonds. The van der Waals surface area contributed by atoms with E-state index in [-0.39, 0.29) is 17.6 Å². The summed E-state index contributed by atoms with van der Waals surface area (Å²) in [6.45, 7) is 2.00. The molecule has 1 atom stereocenters. The van der Waals surface area contributed by atoms with Crippen LogP contribution in [0.5, 0.6) is 0 Å². The molecular weight excluding hydrogens is 266 g/mol. The van der Waals surface area contributed by atoms with Crippen molar-refractivity contribution in [2.45, 2.75) is 26.2 Å². The summed E-state index contributed by atoms with van der Waals surface area (Å²) >= 11 is 0. The number of hydrogen-bond acceptors (Lipinski definition) is 4. The van der Waals surface area contributed by atoms with Gasteiger partial charge in [-0.25, -0.2) is 5.43 Å². The van der Waals surface area contributed by atoms with Crippen molar-refractivity contribution in [3.63, 3.8) is 0 Å². The van der Waals surface area contributed by atoms with E-state index in [0.717, 1.165) is 29.1 Å². The average Bonchev–Trinajstić information content (AvgIpc) is 2.85. The fraction of sp³-hybridized carbons (Fsp3) is 0.312. The molecule has 1 aliphatic carbocycles. The van der Waals surface area contributed by atoms with Gasteiger partial charge in [-0.15, -0.1) is 0 Å². The highest BCUT2D eigenvalue weighted by Crippen LogP contribution is 2.21. The number of nitrogens with zero attached hydrogens (tertiary/aromatic N) is 1. The van der Waals surface area contributed by atoms with Crippen LogP contribution in [0.25, 0.3) is 0 Å². The molecule has 1 heterocycles. The number of carbonyl (C=O) groups excluding carboxylic acids is 2. The van der Waals surface area contributed by atoms with Gasteiger partial charge in [0.1, 0.15) is 0 Å². The van der Waals surface area contributed by atoms with E-state index in [4.69, 9.17) is 0 Å². The minimum absolute atomic E-state index is 0.0395. The van der Waals surface area contributed by atoms with Gasteiger partial charge < -0.3 is 5.32 Å². The lowest BCUT2D eigenvalue weighted by Gasteiger charge is -2.19. The molecule has 2 aliphatic rings. The van der Waals surface area contributed by atoms with Crippen LogP contribution in [0.2, 0.25) is 0 Å². The van der Waals surface area contributed by atoms with E-state index in [9.17, 15) is 9.59 Å². The second-order valence-electron chi connectivity index (χ2n) is 5.48. The van der Waals surface area contributed by atoms with Gasteiger partial charge in [0.15, 0.2) is 5.78 Å². The van der Waals surface area contributed by atoms with E-state index in [1.54, 1.807) is 6.08 Å². The highest BCUT2D eigenvalue weighted by molar-refractivity contribution is 6.05. The van der Waals surface area contributed by atoms with Gasteiger partial charge in [0.2, 0.25) is 5.91 Å². The van der Waals surface area contributed by atoms with Crippen LogP contribution in [0.1, 0.15) is 31.7 Å². The minimum atomic E-state index is -0.0395. The highest BCUT2D eigenvalue weighted by Gasteiger charge is 2.21. The molecule has 1 unspecified atom stereocenters. The standard InChI is InChI=1S/C16H17N3O2/c1-10-8-15(21)18-19-16(10)11-2-4-12(5-3-11)17-13-6-7-14(20)9-13/h2-5,9-10,17H,6-8H2,1H3,(H,18,21). The van der Waals surface area contributed by atoms with E-state index in [1.807, 2.05) is 31.2 Å². The SMILES string of the molecule is CC1CC(=O)NN=C1c1ccc(NC2=CC(=O)CC2)cc1. The normalized spacial score (nSPS) is 21.7. The van der Waals surface area contributed by atoms with E-state index in [2.05, 4.69) is 15.8 Å². The maximum atomic E-state index is 11.3. The second kappa shape index (κ2) is 5.52. The van der Waals surface area contributed by atoms with Crippen LogP contribution in [-0.2, 0) is 9.59 Å². The predicted molar refractivity (Wildman–Crippen MR) is 80.8 cm³/mol. The number of carbonyl (C=O) groups is 2. The molecule has 5 heteroatoms. The summed E-state index contributed by atoms with van der Waals surface area (Å²) in [5, 5.41) is 7.40. The van der Waals surface area contributed by atoms with Crippen molar-refractivity contribution >= 4 is 23.1 Å². The molecule has 0 saturated carbocycles. The molecule has 2 N–H and O–H groups in total. The number of anilines is 1. The first kappa shape index (κ1) is 13.5. The van der Waals surface area contributed by atoms with Crippen LogP contribution in [0.15, 0.2) is 41.1 Å². The van der Waals surface area contributed by atoms with Crippen LogP contribution < -0.4 is 10.7 Å². The van der Waals surface area contributed by atoms with E-state index in [0.29, 0.717) is 12.8 Å². The lowest BCUT2D eigenvalue weighted by Crippen LogP contribution is -2.31. The van der Waals surface area contributed by atoms with Crippen LogP contribution in [0.4, 0.5) is 5.69 Å². The monoisotopic (exact) mass is 283 g/mol. The average molecular weight is 283 g/mol. The number of amides is 1. The summed E-state index contributed by atoms with van der Waals surface area (Å²) in [6.07, 6.45) is 3.50. The Morgan fingerprint density at radius 1 is 1.19 bits per heavy atom. The summed E-state index contributed by atoms with van der Waals surface area (Å²) < 4.78 is 0. The number of benzene rings is 1. The van der Waals surface area contributed by atoms with Crippen molar-refractivity contribution in [1.82, 2.24) is 5.43 Å². The molecule has 108 valence electrons. The number of ketones is 1. The number of hydrazone groups is 1. The Kier molecular flexibility index (Phi) is 3.56. The third-order valence-corrected chi connectivity index (χ3v) is 3.72. The summed E-state index contributed by atoms with van der Waals surface area (Å²) in [6, 6.07) is 7.88. The summed E-state index contributed by atoms with van der Waals surface area (Å²) in [7, 11) is 0. The lowest BCUT2D eigenvalue weighted by atomic mass is 9.94.